The maximum atomic E-state index is 12.5. The average Bonchev–Trinajstić information content (AvgIpc) is 2.25. The normalized spacial score (nSPS) is 22.7. The molecule has 0 atom stereocenters. The van der Waals surface area contributed by atoms with Gasteiger partial charge in [-0.25, -0.2) is 9.78 Å². The molecule has 8 heteroatoms. The molecule has 5 nitrogen and oxygen atoms in total. The molecule has 104 valence electrons. The number of anilines is 1. The predicted octanol–water partition coefficient (Wildman–Crippen LogP) is 1.73. The van der Waals surface area contributed by atoms with Crippen LogP contribution >= 0.6 is 0 Å². The first kappa shape index (κ1) is 13.6. The Morgan fingerprint density at radius 2 is 2.00 bits per heavy atom. The van der Waals surface area contributed by atoms with E-state index in [1.54, 1.807) is 0 Å². The van der Waals surface area contributed by atoms with E-state index in [1.807, 2.05) is 0 Å². The van der Waals surface area contributed by atoms with Crippen LogP contribution in [-0.4, -0.2) is 33.3 Å². The molecule has 0 saturated heterocycles. The second-order valence-electron chi connectivity index (χ2n) is 4.36. The summed E-state index contributed by atoms with van der Waals surface area (Å²) in [4.78, 5) is 14.2. The molecule has 1 aliphatic carbocycles. The zero-order valence-corrected chi connectivity index (χ0v) is 9.61. The number of carboxylic acids is 1. The van der Waals surface area contributed by atoms with Gasteiger partial charge in [-0.3, -0.25) is 0 Å². The van der Waals surface area contributed by atoms with Gasteiger partial charge in [0.15, 0.2) is 0 Å². The molecule has 1 saturated carbocycles. The maximum absolute atomic E-state index is 12.5. The Labute approximate surface area is 106 Å². The summed E-state index contributed by atoms with van der Waals surface area (Å²) < 4.78 is 37.6. The molecule has 1 aromatic heterocycles. The lowest BCUT2D eigenvalue weighted by atomic mass is 9.89. The number of aliphatic hydroxyl groups is 1. The third-order valence-corrected chi connectivity index (χ3v) is 2.87. The number of aromatic carboxylic acids is 1. The van der Waals surface area contributed by atoms with E-state index in [0.29, 0.717) is 18.9 Å². The van der Waals surface area contributed by atoms with E-state index in [1.165, 1.54) is 0 Å². The quantitative estimate of drug-likeness (QED) is 0.783. The molecule has 19 heavy (non-hydrogen) atoms. The van der Waals surface area contributed by atoms with Gasteiger partial charge in [0.2, 0.25) is 0 Å². The van der Waals surface area contributed by atoms with Gasteiger partial charge >= 0.3 is 12.1 Å². The molecule has 0 aliphatic heterocycles. The molecule has 3 N–H and O–H groups in total. The van der Waals surface area contributed by atoms with Gasteiger partial charge in [0, 0.05) is 6.04 Å². The highest BCUT2D eigenvalue weighted by molar-refractivity contribution is 5.93. The second kappa shape index (κ2) is 4.69. The van der Waals surface area contributed by atoms with Crippen LogP contribution in [0.25, 0.3) is 0 Å². The molecule has 0 bridgehead atoms. The molecule has 0 radical (unpaired) electrons. The van der Waals surface area contributed by atoms with E-state index in [-0.39, 0.29) is 17.4 Å². The molecule has 1 heterocycles. The summed E-state index contributed by atoms with van der Waals surface area (Å²) in [7, 11) is 0. The first-order valence-electron chi connectivity index (χ1n) is 5.53. The lowest BCUT2D eigenvalue weighted by molar-refractivity contribution is -0.141. The number of carboxylic acid groups (broad SMARTS) is 1. The van der Waals surface area contributed by atoms with Crippen LogP contribution in [0.4, 0.5) is 19.0 Å². The monoisotopic (exact) mass is 276 g/mol. The number of nitrogens with zero attached hydrogens (tertiary/aromatic N) is 1. The standard InChI is InChI=1S/C11H11F3N2O3/c12-11(13,14)8-2-1-7(10(18)19)9(16-8)15-5-3-6(17)4-5/h1-2,5-6,17H,3-4H2,(H,15,16)(H,18,19). The van der Waals surface area contributed by atoms with Crippen LogP contribution in [0.2, 0.25) is 0 Å². The van der Waals surface area contributed by atoms with Crippen LogP contribution in [-0.2, 0) is 6.18 Å². The van der Waals surface area contributed by atoms with E-state index in [9.17, 15) is 18.0 Å². The highest BCUT2D eigenvalue weighted by Crippen LogP contribution is 2.31. The van der Waals surface area contributed by atoms with E-state index in [4.69, 9.17) is 10.2 Å². The highest BCUT2D eigenvalue weighted by atomic mass is 19.4. The van der Waals surface area contributed by atoms with Gasteiger partial charge in [-0.2, -0.15) is 13.2 Å². The van der Waals surface area contributed by atoms with Gasteiger partial charge in [0.25, 0.3) is 0 Å². The Bertz CT molecular complexity index is 498. The van der Waals surface area contributed by atoms with Crippen molar-refractivity contribution in [3.63, 3.8) is 0 Å². The van der Waals surface area contributed by atoms with Gasteiger partial charge in [0.05, 0.1) is 6.10 Å². The summed E-state index contributed by atoms with van der Waals surface area (Å²) in [5.41, 5.74) is -1.48. The summed E-state index contributed by atoms with van der Waals surface area (Å²) >= 11 is 0. The van der Waals surface area contributed by atoms with Crippen molar-refractivity contribution >= 4 is 11.8 Å². The zero-order chi connectivity index (χ0) is 14.2. The fourth-order valence-electron chi connectivity index (χ4n) is 1.80. The number of nitrogens with one attached hydrogen (secondary N) is 1. The summed E-state index contributed by atoms with van der Waals surface area (Å²) in [6.45, 7) is 0. The van der Waals surface area contributed by atoms with Crippen molar-refractivity contribution < 1.29 is 28.2 Å². The lowest BCUT2D eigenvalue weighted by Crippen LogP contribution is -2.39. The number of rotatable bonds is 3. The Morgan fingerprint density at radius 3 is 2.47 bits per heavy atom. The Morgan fingerprint density at radius 1 is 1.37 bits per heavy atom. The fraction of sp³-hybridized carbons (Fsp3) is 0.455. The first-order chi connectivity index (χ1) is 8.77. The largest absolute Gasteiger partial charge is 0.478 e. The predicted molar refractivity (Wildman–Crippen MR) is 58.8 cm³/mol. The van der Waals surface area contributed by atoms with Crippen LogP contribution in [0.1, 0.15) is 28.9 Å². The summed E-state index contributed by atoms with van der Waals surface area (Å²) in [5.74, 6) is -1.68. The third-order valence-electron chi connectivity index (χ3n) is 2.87. The van der Waals surface area contributed by atoms with Gasteiger partial charge < -0.3 is 15.5 Å². The van der Waals surface area contributed by atoms with E-state index < -0.39 is 23.9 Å². The third kappa shape index (κ3) is 2.95. The minimum Gasteiger partial charge on any atom is -0.478 e. The minimum absolute atomic E-state index is 0.260. The van der Waals surface area contributed by atoms with Crippen LogP contribution in [0.15, 0.2) is 12.1 Å². The Balaban J connectivity index is 2.28. The van der Waals surface area contributed by atoms with Gasteiger partial charge in [0.1, 0.15) is 17.1 Å². The van der Waals surface area contributed by atoms with Gasteiger partial charge in [-0.1, -0.05) is 0 Å². The zero-order valence-electron chi connectivity index (χ0n) is 9.61. The summed E-state index contributed by atoms with van der Waals surface area (Å²) in [5, 5.41) is 20.6. The van der Waals surface area contributed by atoms with Crippen LogP contribution in [0.3, 0.4) is 0 Å². The van der Waals surface area contributed by atoms with Crippen molar-refractivity contribution in [1.29, 1.82) is 0 Å². The lowest BCUT2D eigenvalue weighted by Gasteiger charge is -2.32. The molecule has 1 aliphatic rings. The summed E-state index contributed by atoms with van der Waals surface area (Å²) in [6, 6.07) is 1.24. The Hall–Kier alpha value is -1.83. The van der Waals surface area contributed by atoms with E-state index in [2.05, 4.69) is 10.3 Å². The fourth-order valence-corrected chi connectivity index (χ4v) is 1.80. The number of aliphatic hydroxyl groups excluding tert-OH is 1. The van der Waals surface area contributed by atoms with Crippen molar-refractivity contribution in [2.45, 2.75) is 31.2 Å². The van der Waals surface area contributed by atoms with Crippen molar-refractivity contribution in [3.8, 4) is 0 Å². The number of carbonyl (C=O) groups is 1. The summed E-state index contributed by atoms with van der Waals surface area (Å²) in [6.07, 6.45) is -4.42. The van der Waals surface area contributed by atoms with Crippen LogP contribution in [0, 0.1) is 0 Å². The van der Waals surface area contributed by atoms with Gasteiger partial charge in [-0.15, -0.1) is 0 Å². The molecule has 1 aromatic rings. The molecule has 0 amide bonds. The average molecular weight is 276 g/mol. The topological polar surface area (TPSA) is 82.5 Å². The maximum Gasteiger partial charge on any atom is 0.433 e. The van der Waals surface area contributed by atoms with E-state index >= 15 is 0 Å². The molecule has 0 unspecified atom stereocenters. The smallest absolute Gasteiger partial charge is 0.433 e. The van der Waals surface area contributed by atoms with Crippen molar-refractivity contribution in [2.75, 3.05) is 5.32 Å². The molecular formula is C11H11F3N2O3. The molecule has 0 spiro atoms. The first-order valence-corrected chi connectivity index (χ1v) is 5.53. The van der Waals surface area contributed by atoms with E-state index in [0.717, 1.165) is 6.07 Å². The van der Waals surface area contributed by atoms with Crippen LogP contribution in [0.5, 0.6) is 0 Å². The SMILES string of the molecule is O=C(O)c1ccc(C(F)(F)F)nc1NC1CC(O)C1. The number of halogens is 3. The van der Waals surface area contributed by atoms with Crippen LogP contribution < -0.4 is 5.32 Å². The number of hydrogen-bond donors (Lipinski definition) is 3. The number of pyridine rings is 1. The molecule has 2 rings (SSSR count). The molecular weight excluding hydrogens is 265 g/mol. The molecule has 0 aromatic carbocycles. The molecule has 1 fully saturated rings. The second-order valence-corrected chi connectivity index (χ2v) is 4.36. The van der Waals surface area contributed by atoms with Gasteiger partial charge in [-0.05, 0) is 25.0 Å². The highest BCUT2D eigenvalue weighted by Gasteiger charge is 2.34. The Kier molecular flexibility index (Phi) is 3.36. The number of alkyl halides is 3. The van der Waals surface area contributed by atoms with Crippen molar-refractivity contribution in [3.05, 3.63) is 23.4 Å². The number of aromatic nitrogens is 1. The number of hydrogen-bond acceptors (Lipinski definition) is 4. The van der Waals surface area contributed by atoms with Crippen molar-refractivity contribution in [1.82, 2.24) is 4.98 Å². The van der Waals surface area contributed by atoms with Crippen molar-refractivity contribution in [2.24, 2.45) is 0 Å². The minimum atomic E-state index is -4.63.